The third-order valence-electron chi connectivity index (χ3n) is 3.67. The van der Waals surface area contributed by atoms with E-state index in [9.17, 15) is 0 Å². The fourth-order valence-corrected chi connectivity index (χ4v) is 2.79. The highest BCUT2D eigenvalue weighted by Crippen LogP contribution is 2.34. The zero-order valence-corrected chi connectivity index (χ0v) is 13.3. The summed E-state index contributed by atoms with van der Waals surface area (Å²) in [5, 5.41) is 4.83. The maximum Gasteiger partial charge on any atom is 0.138 e. The molecule has 0 amide bonds. The zero-order valence-electron chi connectivity index (χ0n) is 11.8. The van der Waals surface area contributed by atoms with Crippen LogP contribution in [0.5, 0.6) is 5.75 Å². The van der Waals surface area contributed by atoms with Crippen molar-refractivity contribution < 1.29 is 4.74 Å². The number of rotatable bonds is 5. The number of nitrogens with one attached hydrogen (secondary N) is 1. The van der Waals surface area contributed by atoms with Crippen molar-refractivity contribution in [2.45, 2.75) is 25.4 Å². The molecular weight excluding hydrogens is 305 g/mol. The number of benzene rings is 2. The van der Waals surface area contributed by atoms with Gasteiger partial charge in [-0.05, 0) is 42.2 Å². The maximum atomic E-state index is 6.43. The van der Waals surface area contributed by atoms with Gasteiger partial charge in [0, 0.05) is 23.2 Å². The van der Waals surface area contributed by atoms with Gasteiger partial charge in [0.25, 0.3) is 0 Å². The molecule has 0 unspecified atom stereocenters. The van der Waals surface area contributed by atoms with Crippen molar-refractivity contribution in [1.82, 2.24) is 5.32 Å². The van der Waals surface area contributed by atoms with Gasteiger partial charge < -0.3 is 10.1 Å². The lowest BCUT2D eigenvalue weighted by Gasteiger charge is -2.10. The highest BCUT2D eigenvalue weighted by molar-refractivity contribution is 6.34. The van der Waals surface area contributed by atoms with E-state index >= 15 is 0 Å². The minimum atomic E-state index is 0.600. The van der Waals surface area contributed by atoms with E-state index in [4.69, 9.17) is 27.9 Å². The standard InChI is InChI=1S/C17H17Cl2NO/c1-21-17-9-12(3-7-15(17)18)14-6-2-11(8-16(14)19)10-20-13-4-5-13/h2-3,6-9,13,20H,4-5,10H2,1H3. The van der Waals surface area contributed by atoms with Crippen LogP contribution in [0.2, 0.25) is 10.0 Å². The number of methoxy groups -OCH3 is 1. The molecule has 1 aliphatic rings. The fraction of sp³-hybridized carbons (Fsp3) is 0.294. The Kier molecular flexibility index (Phi) is 4.39. The molecule has 1 fully saturated rings. The normalized spacial score (nSPS) is 14.2. The lowest BCUT2D eigenvalue weighted by atomic mass is 10.0. The van der Waals surface area contributed by atoms with Gasteiger partial charge in [-0.15, -0.1) is 0 Å². The Bertz CT molecular complexity index is 653. The summed E-state index contributed by atoms with van der Waals surface area (Å²) >= 11 is 12.5. The molecule has 0 spiro atoms. The van der Waals surface area contributed by atoms with Crippen LogP contribution in [0.4, 0.5) is 0 Å². The van der Waals surface area contributed by atoms with Crippen LogP contribution in [-0.2, 0) is 6.54 Å². The van der Waals surface area contributed by atoms with Crippen LogP contribution in [0, 0.1) is 0 Å². The van der Waals surface area contributed by atoms with Crippen LogP contribution in [0.3, 0.4) is 0 Å². The van der Waals surface area contributed by atoms with Crippen molar-refractivity contribution in [3.05, 3.63) is 52.0 Å². The second-order valence-electron chi connectivity index (χ2n) is 5.32. The van der Waals surface area contributed by atoms with Gasteiger partial charge in [0.2, 0.25) is 0 Å². The van der Waals surface area contributed by atoms with E-state index in [1.165, 1.54) is 18.4 Å². The first-order valence-electron chi connectivity index (χ1n) is 7.03. The molecule has 2 nitrogen and oxygen atoms in total. The molecule has 0 atom stereocenters. The smallest absolute Gasteiger partial charge is 0.138 e. The molecule has 0 aromatic heterocycles. The van der Waals surface area contributed by atoms with Gasteiger partial charge in [0.1, 0.15) is 5.75 Å². The van der Waals surface area contributed by atoms with Crippen molar-refractivity contribution in [2.24, 2.45) is 0 Å². The van der Waals surface area contributed by atoms with Crippen molar-refractivity contribution in [3.8, 4) is 16.9 Å². The number of ether oxygens (including phenoxy) is 1. The minimum absolute atomic E-state index is 0.600. The van der Waals surface area contributed by atoms with Gasteiger partial charge in [-0.2, -0.15) is 0 Å². The van der Waals surface area contributed by atoms with E-state index in [0.717, 1.165) is 22.7 Å². The van der Waals surface area contributed by atoms with Gasteiger partial charge in [-0.25, -0.2) is 0 Å². The molecule has 1 N–H and O–H groups in total. The van der Waals surface area contributed by atoms with E-state index in [-0.39, 0.29) is 0 Å². The molecule has 0 bridgehead atoms. The Balaban J connectivity index is 1.84. The van der Waals surface area contributed by atoms with Crippen molar-refractivity contribution in [3.63, 3.8) is 0 Å². The Hall–Kier alpha value is -1.22. The third-order valence-corrected chi connectivity index (χ3v) is 4.29. The molecule has 2 aromatic rings. The van der Waals surface area contributed by atoms with Crippen molar-refractivity contribution in [1.29, 1.82) is 0 Å². The van der Waals surface area contributed by atoms with Gasteiger partial charge in [0.15, 0.2) is 0 Å². The number of hydrogen-bond acceptors (Lipinski definition) is 2. The summed E-state index contributed by atoms with van der Waals surface area (Å²) < 4.78 is 5.26. The highest BCUT2D eigenvalue weighted by atomic mass is 35.5. The largest absolute Gasteiger partial charge is 0.495 e. The molecule has 0 radical (unpaired) electrons. The summed E-state index contributed by atoms with van der Waals surface area (Å²) in [6.07, 6.45) is 2.58. The van der Waals surface area contributed by atoms with E-state index in [1.807, 2.05) is 24.3 Å². The number of halogens is 2. The third kappa shape index (κ3) is 3.52. The SMILES string of the molecule is COc1cc(-c2ccc(CNC3CC3)cc2Cl)ccc1Cl. The summed E-state index contributed by atoms with van der Waals surface area (Å²) in [6, 6.07) is 12.6. The lowest BCUT2D eigenvalue weighted by Crippen LogP contribution is -2.15. The minimum Gasteiger partial charge on any atom is -0.495 e. The van der Waals surface area contributed by atoms with Crippen LogP contribution < -0.4 is 10.1 Å². The second kappa shape index (κ2) is 6.27. The van der Waals surface area contributed by atoms with Gasteiger partial charge in [-0.3, -0.25) is 0 Å². The zero-order chi connectivity index (χ0) is 14.8. The topological polar surface area (TPSA) is 21.3 Å². The summed E-state index contributed by atoms with van der Waals surface area (Å²) in [7, 11) is 1.61. The average molecular weight is 322 g/mol. The van der Waals surface area contributed by atoms with Crippen molar-refractivity contribution in [2.75, 3.05) is 7.11 Å². The van der Waals surface area contributed by atoms with Gasteiger partial charge in [-0.1, -0.05) is 41.4 Å². The van der Waals surface area contributed by atoms with E-state index in [1.54, 1.807) is 7.11 Å². The van der Waals surface area contributed by atoms with E-state index < -0.39 is 0 Å². The molecule has 1 saturated carbocycles. The van der Waals surface area contributed by atoms with Gasteiger partial charge >= 0.3 is 0 Å². The molecule has 21 heavy (non-hydrogen) atoms. The molecule has 110 valence electrons. The molecule has 0 heterocycles. The monoisotopic (exact) mass is 321 g/mol. The Labute approximate surface area is 135 Å². The van der Waals surface area contributed by atoms with Crippen LogP contribution >= 0.6 is 23.2 Å². The van der Waals surface area contributed by atoms with Crippen LogP contribution in [0.25, 0.3) is 11.1 Å². The Morgan fingerprint density at radius 2 is 1.90 bits per heavy atom. The Morgan fingerprint density at radius 3 is 2.57 bits per heavy atom. The Morgan fingerprint density at radius 1 is 1.10 bits per heavy atom. The predicted molar refractivity (Wildman–Crippen MR) is 88.3 cm³/mol. The molecule has 0 saturated heterocycles. The quantitative estimate of drug-likeness (QED) is 0.843. The first-order chi connectivity index (χ1) is 10.2. The molecule has 1 aliphatic carbocycles. The van der Waals surface area contributed by atoms with E-state index in [2.05, 4.69) is 17.4 Å². The highest BCUT2D eigenvalue weighted by Gasteiger charge is 2.20. The fourth-order valence-electron chi connectivity index (χ4n) is 2.28. The van der Waals surface area contributed by atoms with Crippen LogP contribution in [0.1, 0.15) is 18.4 Å². The predicted octanol–water partition coefficient (Wildman–Crippen LogP) is 4.92. The van der Waals surface area contributed by atoms with E-state index in [0.29, 0.717) is 16.8 Å². The molecule has 3 rings (SSSR count). The van der Waals surface area contributed by atoms with Gasteiger partial charge in [0.05, 0.1) is 12.1 Å². The molecule has 4 heteroatoms. The lowest BCUT2D eigenvalue weighted by molar-refractivity contribution is 0.415. The average Bonchev–Trinajstić information content (AvgIpc) is 3.30. The summed E-state index contributed by atoms with van der Waals surface area (Å²) in [5.74, 6) is 0.657. The second-order valence-corrected chi connectivity index (χ2v) is 6.13. The summed E-state index contributed by atoms with van der Waals surface area (Å²) in [4.78, 5) is 0. The first-order valence-corrected chi connectivity index (χ1v) is 7.78. The summed E-state index contributed by atoms with van der Waals surface area (Å²) in [6.45, 7) is 0.870. The van der Waals surface area contributed by atoms with Crippen molar-refractivity contribution >= 4 is 23.2 Å². The molecular formula is C17H17Cl2NO. The van der Waals surface area contributed by atoms with Crippen LogP contribution in [-0.4, -0.2) is 13.2 Å². The van der Waals surface area contributed by atoms with Crippen LogP contribution in [0.15, 0.2) is 36.4 Å². The maximum absolute atomic E-state index is 6.43. The first kappa shape index (κ1) is 14.7. The summed E-state index contributed by atoms with van der Waals surface area (Å²) in [5.41, 5.74) is 3.20. The molecule has 0 aliphatic heterocycles. The number of hydrogen-bond donors (Lipinski definition) is 1. The molecule has 2 aromatic carbocycles.